The number of aromatic nitrogens is 1. The van der Waals surface area contributed by atoms with Crippen molar-refractivity contribution in [3.8, 4) is 6.07 Å². The molecule has 0 atom stereocenters. The molecule has 0 spiro atoms. The summed E-state index contributed by atoms with van der Waals surface area (Å²) in [4.78, 5) is 8.73. The molecular weight excluding hydrogens is 373 g/mol. The summed E-state index contributed by atoms with van der Waals surface area (Å²) in [5.74, 6) is 0. The van der Waals surface area contributed by atoms with Crippen molar-refractivity contribution in [2.45, 2.75) is 17.7 Å². The van der Waals surface area contributed by atoms with Crippen LogP contribution in [0.3, 0.4) is 0 Å². The van der Waals surface area contributed by atoms with Crippen LogP contribution in [0.2, 0.25) is 0 Å². The molecular formula is C19H19F3N4S. The van der Waals surface area contributed by atoms with Gasteiger partial charge in [0.15, 0.2) is 0 Å². The topological polar surface area (TPSA) is 43.2 Å². The van der Waals surface area contributed by atoms with Crippen LogP contribution in [0.4, 0.5) is 18.9 Å². The number of alkyl halides is 3. The van der Waals surface area contributed by atoms with Gasteiger partial charge in [0.1, 0.15) is 11.1 Å². The van der Waals surface area contributed by atoms with Gasteiger partial charge in [0, 0.05) is 38.4 Å². The summed E-state index contributed by atoms with van der Waals surface area (Å²) in [7, 11) is 0. The van der Waals surface area contributed by atoms with Crippen molar-refractivity contribution in [2.24, 2.45) is 0 Å². The summed E-state index contributed by atoms with van der Waals surface area (Å²) >= 11 is 1.44. The van der Waals surface area contributed by atoms with E-state index in [0.29, 0.717) is 30.9 Å². The summed E-state index contributed by atoms with van der Waals surface area (Å²) in [6.07, 6.45) is -2.44. The van der Waals surface area contributed by atoms with Crippen LogP contribution >= 0.6 is 11.8 Å². The molecule has 1 aliphatic heterocycles. The number of benzene rings is 1. The van der Waals surface area contributed by atoms with Gasteiger partial charge in [0.25, 0.3) is 0 Å². The number of nitriles is 1. The minimum absolute atomic E-state index is 0.570. The Morgan fingerprint density at radius 3 is 2.52 bits per heavy atom. The van der Waals surface area contributed by atoms with Gasteiger partial charge in [-0.25, -0.2) is 4.98 Å². The summed E-state index contributed by atoms with van der Waals surface area (Å²) in [5, 5.41) is 9.80. The van der Waals surface area contributed by atoms with Crippen LogP contribution in [0.25, 0.3) is 0 Å². The van der Waals surface area contributed by atoms with Gasteiger partial charge >= 0.3 is 6.18 Å². The number of halogens is 3. The molecule has 2 aromatic rings. The second kappa shape index (κ2) is 8.19. The van der Waals surface area contributed by atoms with Gasteiger partial charge in [-0.3, -0.25) is 4.90 Å². The highest BCUT2D eigenvalue weighted by atomic mass is 32.2. The number of hydrogen-bond acceptors (Lipinski definition) is 5. The summed E-state index contributed by atoms with van der Waals surface area (Å²) < 4.78 is 38.7. The second-order valence-corrected chi connectivity index (χ2v) is 7.08. The SMILES string of the molecule is CSc1nc(CN2CCN(c3cccc(C(F)(F)F)c3)CC2)ccc1C#N. The predicted octanol–water partition coefficient (Wildman–Crippen LogP) is 4.02. The fourth-order valence-electron chi connectivity index (χ4n) is 3.08. The molecule has 0 bridgehead atoms. The third-order valence-corrected chi connectivity index (χ3v) is 5.23. The van der Waals surface area contributed by atoms with Crippen LogP contribution in [0.1, 0.15) is 16.8 Å². The molecule has 2 heterocycles. The lowest BCUT2D eigenvalue weighted by Crippen LogP contribution is -2.46. The molecule has 0 radical (unpaired) electrons. The highest BCUT2D eigenvalue weighted by molar-refractivity contribution is 7.98. The Morgan fingerprint density at radius 1 is 1.15 bits per heavy atom. The van der Waals surface area contributed by atoms with E-state index in [1.54, 1.807) is 12.1 Å². The monoisotopic (exact) mass is 392 g/mol. The minimum atomic E-state index is -4.33. The molecule has 1 fully saturated rings. The molecule has 1 saturated heterocycles. The van der Waals surface area contributed by atoms with Crippen LogP contribution in [-0.4, -0.2) is 42.3 Å². The number of rotatable bonds is 4. The van der Waals surface area contributed by atoms with Gasteiger partial charge in [-0.05, 0) is 36.6 Å². The Bertz CT molecular complexity index is 840. The van der Waals surface area contributed by atoms with Crippen LogP contribution < -0.4 is 4.90 Å². The summed E-state index contributed by atoms with van der Waals surface area (Å²) in [5.41, 5.74) is 1.45. The second-order valence-electron chi connectivity index (χ2n) is 6.28. The Labute approximate surface area is 160 Å². The van der Waals surface area contributed by atoms with Gasteiger partial charge in [-0.2, -0.15) is 18.4 Å². The molecule has 1 aromatic heterocycles. The lowest BCUT2D eigenvalue weighted by Gasteiger charge is -2.36. The summed E-state index contributed by atoms with van der Waals surface area (Å²) in [6, 6.07) is 11.3. The van der Waals surface area contributed by atoms with Crippen molar-refractivity contribution in [3.63, 3.8) is 0 Å². The van der Waals surface area contributed by atoms with Crippen molar-refractivity contribution in [2.75, 3.05) is 37.3 Å². The van der Waals surface area contributed by atoms with E-state index >= 15 is 0 Å². The molecule has 1 aromatic carbocycles. The molecule has 1 aliphatic rings. The third-order valence-electron chi connectivity index (χ3n) is 4.53. The van der Waals surface area contributed by atoms with Crippen molar-refractivity contribution in [3.05, 3.63) is 53.2 Å². The van der Waals surface area contributed by atoms with E-state index in [1.807, 2.05) is 17.2 Å². The quantitative estimate of drug-likeness (QED) is 0.736. The average molecular weight is 392 g/mol. The van der Waals surface area contributed by atoms with E-state index in [4.69, 9.17) is 5.26 Å². The number of pyridine rings is 1. The molecule has 3 rings (SSSR count). The maximum absolute atomic E-state index is 12.9. The Balaban J connectivity index is 1.62. The van der Waals surface area contributed by atoms with Crippen molar-refractivity contribution >= 4 is 17.4 Å². The molecule has 0 amide bonds. The number of anilines is 1. The third kappa shape index (κ3) is 4.73. The zero-order valence-corrected chi connectivity index (χ0v) is 15.6. The van der Waals surface area contributed by atoms with Crippen LogP contribution in [-0.2, 0) is 12.7 Å². The maximum Gasteiger partial charge on any atom is 0.416 e. The van der Waals surface area contributed by atoms with Crippen molar-refractivity contribution in [1.82, 2.24) is 9.88 Å². The molecule has 0 aliphatic carbocycles. The van der Waals surface area contributed by atoms with Gasteiger partial charge < -0.3 is 4.90 Å². The van der Waals surface area contributed by atoms with Crippen LogP contribution in [0.15, 0.2) is 41.4 Å². The van der Waals surface area contributed by atoms with E-state index in [-0.39, 0.29) is 0 Å². The largest absolute Gasteiger partial charge is 0.416 e. The van der Waals surface area contributed by atoms with Gasteiger partial charge in [-0.15, -0.1) is 11.8 Å². The zero-order valence-electron chi connectivity index (χ0n) is 14.8. The number of piperazine rings is 1. The molecule has 27 heavy (non-hydrogen) atoms. The van der Waals surface area contributed by atoms with E-state index in [2.05, 4.69) is 16.0 Å². The van der Waals surface area contributed by atoms with Gasteiger partial charge in [-0.1, -0.05) is 6.07 Å². The zero-order chi connectivity index (χ0) is 19.4. The van der Waals surface area contributed by atoms with Crippen LogP contribution in [0, 0.1) is 11.3 Å². The standard InChI is InChI=1S/C19H19F3N4S/c1-27-18-14(12-23)5-6-16(24-18)13-25-7-9-26(10-8-25)17-4-2-3-15(11-17)19(20,21)22/h2-6,11H,7-10,13H2,1H3. The minimum Gasteiger partial charge on any atom is -0.369 e. The lowest BCUT2D eigenvalue weighted by atomic mass is 10.1. The molecule has 0 saturated carbocycles. The first-order chi connectivity index (χ1) is 12.9. The van der Waals surface area contributed by atoms with Gasteiger partial charge in [0.2, 0.25) is 0 Å². The Kier molecular flexibility index (Phi) is 5.92. The molecule has 8 heteroatoms. The average Bonchev–Trinajstić information content (AvgIpc) is 2.68. The first-order valence-electron chi connectivity index (χ1n) is 8.49. The number of thioether (sulfide) groups is 1. The number of nitrogens with zero attached hydrogens (tertiary/aromatic N) is 4. The fourth-order valence-corrected chi connectivity index (χ4v) is 3.62. The number of hydrogen-bond donors (Lipinski definition) is 0. The van der Waals surface area contributed by atoms with Crippen molar-refractivity contribution < 1.29 is 13.2 Å². The lowest BCUT2D eigenvalue weighted by molar-refractivity contribution is -0.137. The normalized spacial score (nSPS) is 15.6. The Hall–Kier alpha value is -2.24. The van der Waals surface area contributed by atoms with E-state index in [1.165, 1.54) is 23.9 Å². The Morgan fingerprint density at radius 2 is 1.89 bits per heavy atom. The first kappa shape index (κ1) is 19.5. The molecule has 4 nitrogen and oxygen atoms in total. The van der Waals surface area contributed by atoms with Crippen molar-refractivity contribution in [1.29, 1.82) is 5.26 Å². The smallest absolute Gasteiger partial charge is 0.369 e. The van der Waals surface area contributed by atoms with Crippen LogP contribution in [0.5, 0.6) is 0 Å². The molecule has 0 N–H and O–H groups in total. The molecule has 0 unspecified atom stereocenters. The highest BCUT2D eigenvalue weighted by Gasteiger charge is 2.31. The fraction of sp³-hybridized carbons (Fsp3) is 0.368. The maximum atomic E-state index is 12.9. The molecule has 142 valence electrons. The predicted molar refractivity (Wildman–Crippen MR) is 99.7 cm³/mol. The first-order valence-corrected chi connectivity index (χ1v) is 9.72. The van der Waals surface area contributed by atoms with E-state index in [0.717, 1.165) is 29.9 Å². The summed E-state index contributed by atoms with van der Waals surface area (Å²) in [6.45, 7) is 3.47. The van der Waals surface area contributed by atoms with E-state index < -0.39 is 11.7 Å². The van der Waals surface area contributed by atoms with Gasteiger partial charge in [0.05, 0.1) is 16.8 Å². The van der Waals surface area contributed by atoms with E-state index in [9.17, 15) is 13.2 Å². The highest BCUT2D eigenvalue weighted by Crippen LogP contribution is 2.32.